The van der Waals surface area contributed by atoms with Crippen LogP contribution in [0.15, 0.2) is 96.4 Å². The Morgan fingerprint density at radius 2 is 1.73 bits per heavy atom. The molecule has 0 radical (unpaired) electrons. The summed E-state index contributed by atoms with van der Waals surface area (Å²) in [4.78, 5) is 29.0. The van der Waals surface area contributed by atoms with E-state index < -0.39 is 16.1 Å². The number of benzene rings is 3. The number of hydrogen-bond donors (Lipinski definition) is 1. The largest absolute Gasteiger partial charge is 0.319 e. The summed E-state index contributed by atoms with van der Waals surface area (Å²) < 4.78 is 1.78. The minimum atomic E-state index is -0.835. The molecule has 0 fully saturated rings. The van der Waals surface area contributed by atoms with Gasteiger partial charge in [-0.15, -0.1) is 10.2 Å². The second-order valence-corrected chi connectivity index (χ2v) is 10.5. The number of aromatic nitrogens is 4. The Morgan fingerprint density at radius 3 is 2.42 bits per heavy atom. The van der Waals surface area contributed by atoms with Gasteiger partial charge >= 0.3 is 0 Å². The molecule has 200 valence electrons. The summed E-state index contributed by atoms with van der Waals surface area (Å²) in [6.07, 6.45) is 3.29. The first kappa shape index (κ1) is 27.3. The number of nitrogens with one attached hydrogen (secondary N) is 1. The number of thioether (sulfide) groups is 1. The molecule has 0 aliphatic carbocycles. The number of rotatable bonds is 8. The molecule has 0 unspecified atom stereocenters. The topological polar surface area (TPSA) is 116 Å². The molecule has 0 spiro atoms. The van der Waals surface area contributed by atoms with E-state index in [-0.39, 0.29) is 11.4 Å². The summed E-state index contributed by atoms with van der Waals surface area (Å²) >= 11 is 13.7. The fourth-order valence-corrected chi connectivity index (χ4v) is 5.34. The molecule has 0 bridgehead atoms. The summed E-state index contributed by atoms with van der Waals surface area (Å²) in [5.41, 5.74) is 2.67. The third-order valence-electron chi connectivity index (χ3n) is 5.90. The lowest BCUT2D eigenvalue weighted by Gasteiger charge is -2.18. The molecule has 12 heteroatoms. The molecule has 0 saturated carbocycles. The predicted molar refractivity (Wildman–Crippen MR) is 156 cm³/mol. The van der Waals surface area contributed by atoms with E-state index in [1.807, 2.05) is 30.3 Å². The van der Waals surface area contributed by atoms with Gasteiger partial charge in [-0.3, -0.25) is 24.5 Å². The van der Waals surface area contributed by atoms with E-state index in [0.717, 1.165) is 17.3 Å². The summed E-state index contributed by atoms with van der Waals surface area (Å²) in [5, 5.41) is 23.6. The number of hydrogen-bond acceptors (Lipinski definition) is 7. The molecule has 2 aromatic heterocycles. The molecule has 5 aromatic rings. The number of halogens is 2. The Balaban J connectivity index is 1.59. The van der Waals surface area contributed by atoms with E-state index in [1.54, 1.807) is 60.3 Å². The quantitative estimate of drug-likeness (QED) is 0.114. The first-order valence-corrected chi connectivity index (χ1v) is 13.5. The van der Waals surface area contributed by atoms with Crippen molar-refractivity contribution in [3.63, 3.8) is 0 Å². The number of anilines is 1. The number of nitro groups is 1. The Morgan fingerprint density at radius 1 is 0.975 bits per heavy atom. The summed E-state index contributed by atoms with van der Waals surface area (Å²) in [5.74, 6) is 0.0435. The lowest BCUT2D eigenvalue weighted by atomic mass is 10.1. The smallest absolute Gasteiger partial charge is 0.293 e. The average molecular weight is 591 g/mol. The minimum absolute atomic E-state index is 0.102. The molecule has 1 atom stereocenters. The van der Waals surface area contributed by atoms with Crippen molar-refractivity contribution in [3.05, 3.63) is 123 Å². The van der Waals surface area contributed by atoms with Gasteiger partial charge in [-0.05, 0) is 54.4 Å². The van der Waals surface area contributed by atoms with Gasteiger partial charge in [-0.1, -0.05) is 71.4 Å². The first-order chi connectivity index (χ1) is 19.3. The third kappa shape index (κ3) is 5.84. The second kappa shape index (κ2) is 11.9. The van der Waals surface area contributed by atoms with Crippen LogP contribution in [-0.2, 0) is 4.79 Å². The standard InChI is InChI=1S/C28H20Cl2N6O3S/c1-17-7-10-23(24(15-17)36(38)39)32-27(37)25(18-5-3-2-4-6-18)40-28-34-33-26(19-11-13-31-14-12-19)35(28)20-8-9-21(29)22(30)16-20/h2-16,25H,1H3,(H,32,37)/t25-/m1/s1. The van der Waals surface area contributed by atoms with Gasteiger partial charge in [0.25, 0.3) is 5.69 Å². The predicted octanol–water partition coefficient (Wildman–Crippen LogP) is 7.32. The van der Waals surface area contributed by atoms with E-state index >= 15 is 0 Å². The highest BCUT2D eigenvalue weighted by Crippen LogP contribution is 2.39. The highest BCUT2D eigenvalue weighted by atomic mass is 35.5. The lowest BCUT2D eigenvalue weighted by molar-refractivity contribution is -0.384. The van der Waals surface area contributed by atoms with Crippen LogP contribution in [0.2, 0.25) is 10.0 Å². The van der Waals surface area contributed by atoms with Crippen LogP contribution in [0.4, 0.5) is 11.4 Å². The van der Waals surface area contributed by atoms with Crippen LogP contribution in [-0.4, -0.2) is 30.6 Å². The van der Waals surface area contributed by atoms with Crippen LogP contribution in [0, 0.1) is 17.0 Å². The minimum Gasteiger partial charge on any atom is -0.319 e. The van der Waals surface area contributed by atoms with E-state index in [1.165, 1.54) is 12.1 Å². The Bertz CT molecular complexity index is 1700. The van der Waals surface area contributed by atoms with Crippen LogP contribution < -0.4 is 5.32 Å². The molecule has 1 N–H and O–H groups in total. The fraction of sp³-hybridized carbons (Fsp3) is 0.0714. The van der Waals surface area contributed by atoms with Gasteiger partial charge in [0.15, 0.2) is 11.0 Å². The van der Waals surface area contributed by atoms with Gasteiger partial charge in [-0.2, -0.15) is 0 Å². The van der Waals surface area contributed by atoms with Crippen molar-refractivity contribution in [2.24, 2.45) is 0 Å². The number of pyridine rings is 1. The van der Waals surface area contributed by atoms with E-state index in [9.17, 15) is 14.9 Å². The Kier molecular flexibility index (Phi) is 8.11. The molecule has 3 aromatic carbocycles. The summed E-state index contributed by atoms with van der Waals surface area (Å²) in [7, 11) is 0. The van der Waals surface area contributed by atoms with Gasteiger partial charge in [0.2, 0.25) is 5.91 Å². The number of carbonyl (C=O) groups is 1. The van der Waals surface area contributed by atoms with Gasteiger partial charge in [0.1, 0.15) is 10.9 Å². The molecule has 2 heterocycles. The molecule has 0 saturated heterocycles. The molecule has 1 amide bonds. The van der Waals surface area contributed by atoms with Crippen LogP contribution in [0.3, 0.4) is 0 Å². The maximum absolute atomic E-state index is 13.7. The van der Waals surface area contributed by atoms with E-state index in [4.69, 9.17) is 23.2 Å². The normalized spacial score (nSPS) is 11.7. The van der Waals surface area contributed by atoms with Crippen molar-refractivity contribution in [3.8, 4) is 17.1 Å². The number of amides is 1. The third-order valence-corrected chi connectivity index (χ3v) is 7.84. The Hall–Kier alpha value is -4.25. The molecule has 0 aliphatic rings. The van der Waals surface area contributed by atoms with Gasteiger partial charge in [0.05, 0.1) is 20.7 Å². The zero-order chi connectivity index (χ0) is 28.2. The molecule has 9 nitrogen and oxygen atoms in total. The second-order valence-electron chi connectivity index (χ2n) is 8.65. The number of aryl methyl sites for hydroxylation is 1. The highest BCUT2D eigenvalue weighted by molar-refractivity contribution is 8.00. The fourth-order valence-electron chi connectivity index (χ4n) is 3.99. The van der Waals surface area contributed by atoms with Gasteiger partial charge < -0.3 is 5.32 Å². The number of carbonyl (C=O) groups excluding carboxylic acids is 1. The molecular formula is C28H20Cl2N6O3S. The summed E-state index contributed by atoms with van der Waals surface area (Å²) in [6, 6.07) is 22.5. The zero-order valence-corrected chi connectivity index (χ0v) is 23.2. The SMILES string of the molecule is Cc1ccc(NC(=O)[C@H](Sc2nnc(-c3ccncc3)n2-c2ccc(Cl)c(Cl)c2)c2ccccc2)c([N+](=O)[O-])c1. The van der Waals surface area contributed by atoms with Crippen molar-refractivity contribution >= 4 is 52.2 Å². The molecule has 0 aliphatic heterocycles. The molecule has 5 rings (SSSR count). The van der Waals surface area contributed by atoms with Crippen molar-refractivity contribution in [2.45, 2.75) is 17.3 Å². The van der Waals surface area contributed by atoms with Gasteiger partial charge in [-0.25, -0.2) is 0 Å². The number of nitrogens with zero attached hydrogens (tertiary/aromatic N) is 5. The van der Waals surface area contributed by atoms with Crippen molar-refractivity contribution in [2.75, 3.05) is 5.32 Å². The maximum Gasteiger partial charge on any atom is 0.293 e. The molecule has 40 heavy (non-hydrogen) atoms. The van der Waals surface area contributed by atoms with Crippen molar-refractivity contribution in [1.29, 1.82) is 0 Å². The lowest BCUT2D eigenvalue weighted by Crippen LogP contribution is -2.20. The van der Waals surface area contributed by atoms with Crippen molar-refractivity contribution in [1.82, 2.24) is 19.7 Å². The average Bonchev–Trinajstić information content (AvgIpc) is 3.38. The summed E-state index contributed by atoms with van der Waals surface area (Å²) in [6.45, 7) is 1.75. The van der Waals surface area contributed by atoms with Gasteiger partial charge in [0, 0.05) is 24.0 Å². The molecular weight excluding hydrogens is 571 g/mol. The maximum atomic E-state index is 13.7. The number of nitro benzene ring substituents is 1. The zero-order valence-electron chi connectivity index (χ0n) is 20.9. The Labute approximate surface area is 243 Å². The van der Waals surface area contributed by atoms with Crippen LogP contribution in [0.25, 0.3) is 17.1 Å². The van der Waals surface area contributed by atoms with E-state index in [2.05, 4.69) is 20.5 Å². The highest BCUT2D eigenvalue weighted by Gasteiger charge is 2.28. The van der Waals surface area contributed by atoms with Crippen LogP contribution in [0.5, 0.6) is 0 Å². The first-order valence-electron chi connectivity index (χ1n) is 11.9. The van der Waals surface area contributed by atoms with E-state index in [0.29, 0.717) is 37.8 Å². The van der Waals surface area contributed by atoms with Crippen molar-refractivity contribution < 1.29 is 9.72 Å². The van der Waals surface area contributed by atoms with Crippen LogP contribution in [0.1, 0.15) is 16.4 Å². The van der Waals surface area contributed by atoms with Crippen LogP contribution >= 0.6 is 35.0 Å². The monoisotopic (exact) mass is 590 g/mol.